The first-order chi connectivity index (χ1) is 3.46. The van der Waals surface area contributed by atoms with E-state index < -0.39 is 17.5 Å². The first-order valence-corrected chi connectivity index (χ1v) is 2.25. The van der Waals surface area contributed by atoms with Crippen molar-refractivity contribution in [3.05, 3.63) is 0 Å². The summed E-state index contributed by atoms with van der Waals surface area (Å²) >= 11 is -2.61. The van der Waals surface area contributed by atoms with Gasteiger partial charge in [0.15, 0.2) is 0 Å². The Kier molecular flexibility index (Phi) is 20.7. The van der Waals surface area contributed by atoms with Crippen LogP contribution in [0, 0.1) is 0 Å². The third-order valence-electron chi connectivity index (χ3n) is 0. The van der Waals surface area contributed by atoms with Crippen LogP contribution in [0.15, 0.2) is 0 Å². The van der Waals surface area contributed by atoms with Gasteiger partial charge >= 0.3 is 43.9 Å². The Morgan fingerprint density at radius 2 is 1.22 bits per heavy atom. The van der Waals surface area contributed by atoms with Gasteiger partial charge in [-0.2, -0.15) is 4.21 Å². The fourth-order valence-electron chi connectivity index (χ4n) is 0. The average molecular weight is 186 g/mol. The monoisotopic (exact) mass is 186 g/mol. The Morgan fingerprint density at radius 3 is 1.22 bits per heavy atom. The SMILES string of the molecule is O=C(O)O.O=S(O)O.[CaH2]. The van der Waals surface area contributed by atoms with E-state index in [1.54, 1.807) is 0 Å². The van der Waals surface area contributed by atoms with Gasteiger partial charge in [-0.25, -0.2) is 4.79 Å². The Balaban J connectivity index is -0.0000000720. The van der Waals surface area contributed by atoms with Crippen molar-refractivity contribution in [2.45, 2.75) is 0 Å². The van der Waals surface area contributed by atoms with E-state index in [1.807, 2.05) is 0 Å². The molecule has 0 aliphatic heterocycles. The number of carboxylic acid groups (broad SMARTS) is 2. The van der Waals surface area contributed by atoms with Crippen LogP contribution in [-0.2, 0) is 11.4 Å². The van der Waals surface area contributed by atoms with Crippen molar-refractivity contribution in [3.63, 3.8) is 0 Å². The van der Waals surface area contributed by atoms with Gasteiger partial charge in [-0.3, -0.25) is 9.11 Å². The van der Waals surface area contributed by atoms with E-state index in [-0.39, 0.29) is 37.7 Å². The molecule has 0 rings (SSSR count). The molecule has 0 radical (unpaired) electrons. The van der Waals surface area contributed by atoms with E-state index in [4.69, 9.17) is 28.3 Å². The predicted molar refractivity (Wildman–Crippen MR) is 32.6 cm³/mol. The summed E-state index contributed by atoms with van der Waals surface area (Å²) in [6.07, 6.45) is -1.83. The molecule has 0 unspecified atom stereocenters. The van der Waals surface area contributed by atoms with E-state index in [0.29, 0.717) is 0 Å². The zero-order chi connectivity index (χ0) is 7.15. The average Bonchev–Trinajstić information content (AvgIpc) is 1.25. The van der Waals surface area contributed by atoms with E-state index >= 15 is 0 Å². The summed E-state index contributed by atoms with van der Waals surface area (Å²) in [5.74, 6) is 0. The van der Waals surface area contributed by atoms with Crippen molar-refractivity contribution in [2.75, 3.05) is 0 Å². The molecule has 0 bridgehead atoms. The van der Waals surface area contributed by atoms with Gasteiger partial charge in [0.2, 0.25) is 0 Å². The van der Waals surface area contributed by atoms with Gasteiger partial charge < -0.3 is 10.2 Å². The molecule has 6 nitrogen and oxygen atoms in total. The summed E-state index contributed by atoms with van der Waals surface area (Å²) in [6.45, 7) is 0. The predicted octanol–water partition coefficient (Wildman–Crippen LogP) is -1.01. The fraction of sp³-hybridized carbons (Fsp3) is 0. The third-order valence-corrected chi connectivity index (χ3v) is 0. The second kappa shape index (κ2) is 11.4. The Hall–Kier alpha value is 0.600. The molecule has 0 heterocycles. The van der Waals surface area contributed by atoms with Crippen molar-refractivity contribution in [2.24, 2.45) is 0 Å². The van der Waals surface area contributed by atoms with Crippen LogP contribution in [0.3, 0.4) is 0 Å². The molecule has 0 aromatic rings. The van der Waals surface area contributed by atoms with Gasteiger partial charge in [0, 0.05) is 0 Å². The van der Waals surface area contributed by atoms with Crippen LogP contribution in [0.2, 0.25) is 0 Å². The number of hydrogen-bond donors (Lipinski definition) is 4. The second-order valence-corrected chi connectivity index (χ2v) is 0.975. The summed E-state index contributed by atoms with van der Waals surface area (Å²) < 4.78 is 22.8. The summed E-state index contributed by atoms with van der Waals surface area (Å²) in [5.41, 5.74) is 0. The number of rotatable bonds is 0. The molecular weight excluding hydrogens is 180 g/mol. The molecule has 8 heteroatoms. The van der Waals surface area contributed by atoms with Crippen molar-refractivity contribution < 1.29 is 28.3 Å². The quantitative estimate of drug-likeness (QED) is 0.284. The molecule has 0 amide bonds. The van der Waals surface area contributed by atoms with Gasteiger partial charge in [0.05, 0.1) is 0 Å². The van der Waals surface area contributed by atoms with Gasteiger partial charge in [0.25, 0.3) is 11.4 Å². The molecule has 0 aliphatic rings. The molecule has 0 aliphatic carbocycles. The molecular formula is CH6CaO6S. The van der Waals surface area contributed by atoms with Gasteiger partial charge in [-0.15, -0.1) is 0 Å². The summed E-state index contributed by atoms with van der Waals surface area (Å²) in [4.78, 5) is 8.56. The molecule has 0 aromatic carbocycles. The van der Waals surface area contributed by atoms with Crippen molar-refractivity contribution in [1.29, 1.82) is 0 Å². The topological polar surface area (TPSA) is 115 Å². The number of carbonyl (C=O) groups is 1. The Morgan fingerprint density at radius 1 is 1.22 bits per heavy atom. The van der Waals surface area contributed by atoms with Gasteiger partial charge in [-0.05, 0) is 0 Å². The van der Waals surface area contributed by atoms with Crippen LogP contribution < -0.4 is 0 Å². The van der Waals surface area contributed by atoms with E-state index in [2.05, 4.69) is 0 Å². The van der Waals surface area contributed by atoms with Crippen LogP contribution in [0.1, 0.15) is 0 Å². The first-order valence-electron chi connectivity index (χ1n) is 1.18. The van der Waals surface area contributed by atoms with Crippen LogP contribution in [0.5, 0.6) is 0 Å². The molecule has 0 aromatic heterocycles. The van der Waals surface area contributed by atoms with Crippen molar-refractivity contribution in [3.8, 4) is 0 Å². The molecule has 0 fully saturated rings. The van der Waals surface area contributed by atoms with Gasteiger partial charge in [0.1, 0.15) is 0 Å². The van der Waals surface area contributed by atoms with Crippen LogP contribution in [0.4, 0.5) is 4.79 Å². The molecule has 0 saturated carbocycles. The van der Waals surface area contributed by atoms with Gasteiger partial charge in [-0.1, -0.05) is 0 Å². The summed E-state index contributed by atoms with van der Waals surface area (Å²) in [6, 6.07) is 0. The third kappa shape index (κ3) is 1040. The molecule has 0 atom stereocenters. The Bertz CT molecular complexity index is 71.1. The zero-order valence-corrected chi connectivity index (χ0v) is 4.33. The molecule has 4 N–H and O–H groups in total. The van der Waals surface area contributed by atoms with E-state index in [1.165, 1.54) is 0 Å². The Labute approximate surface area is 83.0 Å². The summed E-state index contributed by atoms with van der Waals surface area (Å²) in [7, 11) is 0. The van der Waals surface area contributed by atoms with Crippen molar-refractivity contribution >= 4 is 55.3 Å². The zero-order valence-electron chi connectivity index (χ0n) is 3.51. The van der Waals surface area contributed by atoms with E-state index in [9.17, 15) is 0 Å². The first kappa shape index (κ1) is 16.3. The number of hydrogen-bond acceptors (Lipinski definition) is 2. The maximum atomic E-state index is 8.67. The minimum atomic E-state index is -2.61. The second-order valence-electron chi connectivity index (χ2n) is 0.513. The molecule has 0 spiro atoms. The normalized spacial score (nSPS) is 6.56. The molecule has 0 saturated heterocycles. The van der Waals surface area contributed by atoms with Crippen molar-refractivity contribution in [1.82, 2.24) is 0 Å². The van der Waals surface area contributed by atoms with Crippen LogP contribution in [0.25, 0.3) is 0 Å². The fourth-order valence-corrected chi connectivity index (χ4v) is 0. The van der Waals surface area contributed by atoms with Crippen LogP contribution >= 0.6 is 0 Å². The molecule has 9 heavy (non-hydrogen) atoms. The minimum absolute atomic E-state index is 0. The van der Waals surface area contributed by atoms with E-state index in [0.717, 1.165) is 0 Å². The van der Waals surface area contributed by atoms with Crippen LogP contribution in [-0.4, -0.2) is 67.4 Å². The maximum absolute atomic E-state index is 8.67. The standard InChI is InChI=1S/CH2O3.Ca.H2O3S.2H/c2-1(3)4;;1-4(2)3;;/h(H2,2,3,4);;(H2,1,2,3);;. The summed E-state index contributed by atoms with van der Waals surface area (Å²) in [5, 5.41) is 13.9. The molecule has 54 valence electrons.